The SMILES string of the molecule is CNC1CCN(c2ccc(S(=O)(=O)C(F)(F)F)cc2)C1. The molecule has 1 aromatic carbocycles. The molecule has 1 unspecified atom stereocenters. The summed E-state index contributed by atoms with van der Waals surface area (Å²) in [5.41, 5.74) is -4.54. The van der Waals surface area contributed by atoms with E-state index in [1.165, 1.54) is 12.1 Å². The highest BCUT2D eigenvalue weighted by Crippen LogP contribution is 2.31. The molecule has 20 heavy (non-hydrogen) atoms. The van der Waals surface area contributed by atoms with Crippen LogP contribution in [0.25, 0.3) is 0 Å². The molecule has 0 bridgehead atoms. The van der Waals surface area contributed by atoms with E-state index >= 15 is 0 Å². The van der Waals surface area contributed by atoms with Crippen LogP contribution in [0.2, 0.25) is 0 Å². The quantitative estimate of drug-likeness (QED) is 0.925. The maximum Gasteiger partial charge on any atom is 0.501 e. The summed E-state index contributed by atoms with van der Waals surface area (Å²) in [6, 6.07) is 5.18. The van der Waals surface area contributed by atoms with Crippen molar-refractivity contribution in [3.8, 4) is 0 Å². The van der Waals surface area contributed by atoms with Crippen LogP contribution >= 0.6 is 0 Å². The Balaban J connectivity index is 2.20. The Morgan fingerprint density at radius 3 is 2.30 bits per heavy atom. The number of anilines is 1. The van der Waals surface area contributed by atoms with Crippen LogP contribution < -0.4 is 10.2 Å². The van der Waals surface area contributed by atoms with Gasteiger partial charge < -0.3 is 10.2 Å². The summed E-state index contributed by atoms with van der Waals surface area (Å²) in [6.07, 6.45) is 0.944. The van der Waals surface area contributed by atoms with E-state index in [0.717, 1.165) is 37.3 Å². The Hall–Kier alpha value is -1.28. The first-order chi connectivity index (χ1) is 9.25. The maximum absolute atomic E-state index is 12.4. The van der Waals surface area contributed by atoms with Gasteiger partial charge in [0.15, 0.2) is 0 Å². The van der Waals surface area contributed by atoms with E-state index in [1.54, 1.807) is 0 Å². The minimum atomic E-state index is -5.26. The fourth-order valence-corrected chi connectivity index (χ4v) is 2.96. The maximum atomic E-state index is 12.4. The van der Waals surface area contributed by atoms with Gasteiger partial charge in [0.05, 0.1) is 4.90 Å². The van der Waals surface area contributed by atoms with E-state index in [4.69, 9.17) is 0 Å². The van der Waals surface area contributed by atoms with Crippen molar-refractivity contribution in [3.63, 3.8) is 0 Å². The standard InChI is InChI=1S/C12H15F3N2O2S/c1-16-9-6-7-17(8-9)10-2-4-11(5-3-10)20(18,19)12(13,14)15/h2-5,9,16H,6-8H2,1H3. The van der Waals surface area contributed by atoms with Crippen molar-refractivity contribution < 1.29 is 21.6 Å². The van der Waals surface area contributed by atoms with Gasteiger partial charge in [0.1, 0.15) is 0 Å². The van der Waals surface area contributed by atoms with Gasteiger partial charge in [-0.1, -0.05) is 0 Å². The number of sulfone groups is 1. The van der Waals surface area contributed by atoms with Gasteiger partial charge in [0, 0.05) is 24.8 Å². The number of likely N-dealkylation sites (N-methyl/N-ethyl adjacent to an activating group) is 1. The zero-order chi connectivity index (χ0) is 15.0. The second kappa shape index (κ2) is 5.25. The van der Waals surface area contributed by atoms with Gasteiger partial charge in [-0.25, -0.2) is 8.42 Å². The third-order valence-electron chi connectivity index (χ3n) is 3.41. The Morgan fingerprint density at radius 2 is 1.85 bits per heavy atom. The number of nitrogens with zero attached hydrogens (tertiary/aromatic N) is 1. The zero-order valence-electron chi connectivity index (χ0n) is 10.8. The summed E-state index contributed by atoms with van der Waals surface area (Å²) < 4.78 is 59.7. The Bertz CT molecular complexity index is 569. The zero-order valence-corrected chi connectivity index (χ0v) is 11.6. The molecule has 0 aliphatic carbocycles. The molecule has 1 aliphatic rings. The monoisotopic (exact) mass is 308 g/mol. The summed E-state index contributed by atoms with van der Waals surface area (Å²) >= 11 is 0. The van der Waals surface area contributed by atoms with Crippen LogP contribution in [0, 0.1) is 0 Å². The third-order valence-corrected chi connectivity index (χ3v) is 4.92. The lowest BCUT2D eigenvalue weighted by Crippen LogP contribution is -2.29. The van der Waals surface area contributed by atoms with Crippen molar-refractivity contribution in [1.82, 2.24) is 5.32 Å². The summed E-state index contributed by atoms with van der Waals surface area (Å²) in [4.78, 5) is 1.28. The molecule has 1 fully saturated rings. The van der Waals surface area contributed by atoms with Crippen LogP contribution in [0.4, 0.5) is 18.9 Å². The number of nitrogens with one attached hydrogen (secondary N) is 1. The molecule has 2 rings (SSSR count). The minimum Gasteiger partial charge on any atom is -0.370 e. The highest BCUT2D eigenvalue weighted by molar-refractivity contribution is 7.92. The van der Waals surface area contributed by atoms with Crippen LogP contribution in [0.1, 0.15) is 6.42 Å². The average molecular weight is 308 g/mol. The lowest BCUT2D eigenvalue weighted by molar-refractivity contribution is -0.0436. The first-order valence-electron chi connectivity index (χ1n) is 6.09. The van der Waals surface area contributed by atoms with E-state index in [1.807, 2.05) is 11.9 Å². The molecular formula is C12H15F3N2O2S. The first kappa shape index (κ1) is 15.1. The number of benzene rings is 1. The summed E-state index contributed by atoms with van der Waals surface area (Å²) in [5.74, 6) is 0. The van der Waals surface area contributed by atoms with E-state index in [0.29, 0.717) is 6.04 Å². The third kappa shape index (κ3) is 2.76. The molecule has 4 nitrogen and oxygen atoms in total. The van der Waals surface area contributed by atoms with E-state index in [9.17, 15) is 21.6 Å². The Labute approximate surface area is 115 Å². The van der Waals surface area contributed by atoms with Gasteiger partial charge in [0.2, 0.25) is 0 Å². The molecule has 112 valence electrons. The first-order valence-corrected chi connectivity index (χ1v) is 7.57. The van der Waals surface area contributed by atoms with Gasteiger partial charge in [0.25, 0.3) is 9.84 Å². The Kier molecular flexibility index (Phi) is 3.97. The molecule has 0 radical (unpaired) electrons. The average Bonchev–Trinajstić information content (AvgIpc) is 2.86. The van der Waals surface area contributed by atoms with Crippen LogP contribution in [0.15, 0.2) is 29.2 Å². The van der Waals surface area contributed by atoms with Gasteiger partial charge in [-0.05, 0) is 37.7 Å². The highest BCUT2D eigenvalue weighted by Gasteiger charge is 2.46. The van der Waals surface area contributed by atoms with Crippen molar-refractivity contribution in [1.29, 1.82) is 0 Å². The summed E-state index contributed by atoms with van der Waals surface area (Å²) in [7, 11) is -3.41. The van der Waals surface area contributed by atoms with E-state index in [2.05, 4.69) is 5.32 Å². The number of hydrogen-bond acceptors (Lipinski definition) is 4. The predicted molar refractivity (Wildman–Crippen MR) is 69.4 cm³/mol. The van der Waals surface area contributed by atoms with Crippen molar-refractivity contribution >= 4 is 15.5 Å². The van der Waals surface area contributed by atoms with Gasteiger partial charge >= 0.3 is 5.51 Å². The van der Waals surface area contributed by atoms with Crippen molar-refractivity contribution in [2.45, 2.75) is 22.9 Å². The molecule has 1 heterocycles. The fourth-order valence-electron chi connectivity index (χ4n) is 2.20. The van der Waals surface area contributed by atoms with Gasteiger partial charge in [-0.2, -0.15) is 13.2 Å². The largest absolute Gasteiger partial charge is 0.501 e. The van der Waals surface area contributed by atoms with E-state index in [-0.39, 0.29) is 0 Å². The van der Waals surface area contributed by atoms with Crippen LogP contribution in [0.5, 0.6) is 0 Å². The van der Waals surface area contributed by atoms with Crippen LogP contribution in [-0.2, 0) is 9.84 Å². The van der Waals surface area contributed by atoms with Crippen LogP contribution in [-0.4, -0.2) is 40.1 Å². The molecule has 1 atom stereocenters. The smallest absolute Gasteiger partial charge is 0.370 e. The van der Waals surface area contributed by atoms with Crippen molar-refractivity contribution in [2.24, 2.45) is 0 Å². The predicted octanol–water partition coefficient (Wildman–Crippen LogP) is 1.78. The van der Waals surface area contributed by atoms with Crippen molar-refractivity contribution in [3.05, 3.63) is 24.3 Å². The lowest BCUT2D eigenvalue weighted by Gasteiger charge is -2.19. The topological polar surface area (TPSA) is 49.4 Å². The molecule has 0 aromatic heterocycles. The number of hydrogen-bond donors (Lipinski definition) is 1. The molecule has 0 spiro atoms. The molecule has 1 aromatic rings. The second-order valence-electron chi connectivity index (χ2n) is 4.66. The number of rotatable bonds is 3. The van der Waals surface area contributed by atoms with Crippen molar-refractivity contribution in [2.75, 3.05) is 25.0 Å². The molecule has 0 saturated carbocycles. The molecule has 0 amide bonds. The minimum absolute atomic E-state index is 0.341. The normalized spacial score (nSPS) is 20.4. The Morgan fingerprint density at radius 1 is 1.25 bits per heavy atom. The molecule has 1 aliphatic heterocycles. The highest BCUT2D eigenvalue weighted by atomic mass is 32.2. The summed E-state index contributed by atoms with van der Waals surface area (Å²) in [5, 5.41) is 3.13. The molecular weight excluding hydrogens is 293 g/mol. The van der Waals surface area contributed by atoms with Gasteiger partial charge in [-0.3, -0.25) is 0 Å². The van der Waals surface area contributed by atoms with E-state index < -0.39 is 20.2 Å². The van der Waals surface area contributed by atoms with Gasteiger partial charge in [-0.15, -0.1) is 0 Å². The molecule has 1 N–H and O–H groups in total. The lowest BCUT2D eigenvalue weighted by atomic mass is 10.3. The number of halogens is 3. The second-order valence-corrected chi connectivity index (χ2v) is 6.60. The fraction of sp³-hybridized carbons (Fsp3) is 0.500. The van der Waals surface area contributed by atoms with Crippen LogP contribution in [0.3, 0.4) is 0 Å². The molecule has 8 heteroatoms. The number of alkyl halides is 3. The summed E-state index contributed by atoms with van der Waals surface area (Å²) in [6.45, 7) is 1.54. The molecule has 1 saturated heterocycles.